The fraction of sp³-hybridized carbons (Fsp3) is 0.412. The van der Waals surface area contributed by atoms with Gasteiger partial charge >= 0.3 is 12.2 Å². The molecule has 7 rings (SSSR count). The topological polar surface area (TPSA) is 92.2 Å². The predicted molar refractivity (Wildman–Crippen MR) is 178 cm³/mol. The van der Waals surface area contributed by atoms with Gasteiger partial charge in [-0.25, -0.2) is 13.6 Å². The monoisotopic (exact) mass is 697 g/mol. The molecule has 5 heterocycles. The van der Waals surface area contributed by atoms with Crippen molar-refractivity contribution in [2.24, 2.45) is 0 Å². The van der Waals surface area contributed by atoms with Gasteiger partial charge in [0, 0.05) is 24.4 Å². The number of rotatable bonds is 7. The number of ether oxygens (including phenoxy) is 1. The minimum Gasteiger partial charge on any atom is -0.461 e. The first-order chi connectivity index (χ1) is 23.3. The highest BCUT2D eigenvalue weighted by Crippen LogP contribution is 2.50. The largest absolute Gasteiger partial charge is 0.461 e. The van der Waals surface area contributed by atoms with Crippen molar-refractivity contribution in [3.63, 3.8) is 0 Å². The number of carbonyl (C=O) groups is 1. The van der Waals surface area contributed by atoms with Crippen molar-refractivity contribution in [3.8, 4) is 17.1 Å². The predicted octanol–water partition coefficient (Wildman–Crippen LogP) is 6.98. The Hall–Kier alpha value is -4.55. The van der Waals surface area contributed by atoms with E-state index in [1.807, 2.05) is 0 Å². The second kappa shape index (κ2) is 12.1. The molecule has 2 aromatic heterocycles. The molecule has 256 valence electrons. The summed E-state index contributed by atoms with van der Waals surface area (Å²) in [4.78, 5) is 30.0. The quantitative estimate of drug-likeness (QED) is 0.127. The lowest BCUT2D eigenvalue weighted by atomic mass is 9.94. The number of likely N-dealkylation sites (tertiary alicyclic amines) is 1. The van der Waals surface area contributed by atoms with E-state index in [2.05, 4.69) is 26.3 Å². The number of carbonyl (C=O) groups excluding carboxylic acids is 1. The number of hydrogen-bond acceptors (Lipinski definition) is 8. The number of amides is 1. The zero-order valence-corrected chi connectivity index (χ0v) is 27.3. The molecule has 15 heteroatoms. The molecule has 0 aliphatic carbocycles. The highest BCUT2D eigenvalue weighted by molar-refractivity contribution is 7.23. The maximum Gasteiger partial charge on any atom is 0.417 e. The number of thiophene rings is 1. The van der Waals surface area contributed by atoms with Gasteiger partial charge in [-0.15, -0.1) is 11.3 Å². The van der Waals surface area contributed by atoms with Crippen LogP contribution in [0, 0.1) is 12.4 Å². The molecule has 3 aliphatic rings. The molecule has 2 atom stereocenters. The normalized spacial score (nSPS) is 20.6. The fourth-order valence-corrected chi connectivity index (χ4v) is 8.62. The minimum atomic E-state index is -4.91. The van der Waals surface area contributed by atoms with Crippen molar-refractivity contribution >= 4 is 54.7 Å². The molecule has 2 unspecified atom stereocenters. The Morgan fingerprint density at radius 1 is 1.22 bits per heavy atom. The molecule has 2 aromatic carbocycles. The van der Waals surface area contributed by atoms with E-state index in [0.29, 0.717) is 0 Å². The van der Waals surface area contributed by atoms with E-state index in [1.54, 1.807) is 0 Å². The average Bonchev–Trinajstić information content (AvgIpc) is 3.84. The molecule has 0 spiro atoms. The van der Waals surface area contributed by atoms with Crippen LogP contribution in [0.1, 0.15) is 31.2 Å². The molecule has 0 radical (unpaired) electrons. The molecule has 3 fully saturated rings. The van der Waals surface area contributed by atoms with Gasteiger partial charge in [0.25, 0.3) is 0 Å². The number of hydrogen-bond donors (Lipinski definition) is 1. The number of halogens is 5. The summed E-state index contributed by atoms with van der Waals surface area (Å²) in [6.45, 7) is 13.0. The van der Waals surface area contributed by atoms with Crippen LogP contribution in [0.2, 0.25) is 0 Å². The zero-order chi connectivity index (χ0) is 34.8. The molecule has 3 aliphatic heterocycles. The Balaban J connectivity index is 1.42. The Labute approximate surface area is 282 Å². The molecule has 9 nitrogen and oxygen atoms in total. The first kappa shape index (κ1) is 33.0. The van der Waals surface area contributed by atoms with Gasteiger partial charge in [-0.1, -0.05) is 12.6 Å². The summed E-state index contributed by atoms with van der Waals surface area (Å²) in [5.74, 6) is -1.18. The van der Waals surface area contributed by atoms with E-state index in [0.717, 1.165) is 68.3 Å². The Kier molecular flexibility index (Phi) is 8.14. The first-order valence-corrected chi connectivity index (χ1v) is 16.6. The van der Waals surface area contributed by atoms with E-state index in [9.17, 15) is 22.4 Å². The van der Waals surface area contributed by atoms with Gasteiger partial charge in [0.1, 0.15) is 24.4 Å². The second-order valence-corrected chi connectivity index (χ2v) is 13.9. The van der Waals surface area contributed by atoms with Crippen LogP contribution in [0.15, 0.2) is 36.9 Å². The Morgan fingerprint density at radius 2 is 1.96 bits per heavy atom. The van der Waals surface area contributed by atoms with Crippen LogP contribution >= 0.6 is 11.3 Å². The van der Waals surface area contributed by atoms with E-state index in [-0.39, 0.29) is 79.9 Å². The highest BCUT2D eigenvalue weighted by atomic mass is 32.1. The number of alkyl halides is 4. The van der Waals surface area contributed by atoms with Crippen LogP contribution in [-0.4, -0.2) is 83.3 Å². The third kappa shape index (κ3) is 5.51. The number of likely N-dealkylation sites (N-methyl/N-ethyl adjacent to an activating group) is 1. The van der Waals surface area contributed by atoms with Crippen LogP contribution in [0.4, 0.5) is 38.5 Å². The molecule has 1 amide bonds. The molecule has 3 saturated heterocycles. The van der Waals surface area contributed by atoms with Gasteiger partial charge in [0.15, 0.2) is 0 Å². The average molecular weight is 698 g/mol. The molecule has 2 N–H and O–H groups in total. The van der Waals surface area contributed by atoms with Crippen molar-refractivity contribution in [2.45, 2.75) is 49.6 Å². The van der Waals surface area contributed by atoms with Gasteiger partial charge in [0.2, 0.25) is 11.6 Å². The van der Waals surface area contributed by atoms with E-state index in [1.165, 1.54) is 29.0 Å². The summed E-state index contributed by atoms with van der Waals surface area (Å²) in [6.07, 6.45) is -1.46. The smallest absolute Gasteiger partial charge is 0.417 e. The van der Waals surface area contributed by atoms with Gasteiger partial charge in [-0.2, -0.15) is 23.1 Å². The summed E-state index contributed by atoms with van der Waals surface area (Å²) < 4.78 is 81.4. The SMILES string of the molecule is [C-]#[N+]c1c(N)sc2c(F)ccc(-c3cc4nc(OCC56CCCN5CCC6)nc(N(C)C5CN(C(=O)C=C)CC5F)c4cc3C(F)(F)F)c12. The van der Waals surface area contributed by atoms with Crippen molar-refractivity contribution in [1.82, 2.24) is 19.8 Å². The summed E-state index contributed by atoms with van der Waals surface area (Å²) in [5.41, 5.74) is 4.29. The lowest BCUT2D eigenvalue weighted by Crippen LogP contribution is -2.43. The van der Waals surface area contributed by atoms with Gasteiger partial charge < -0.3 is 20.3 Å². The summed E-state index contributed by atoms with van der Waals surface area (Å²) >= 11 is 0.790. The number of anilines is 2. The number of fused-ring (bicyclic) bond motifs is 3. The maximum absolute atomic E-state index is 15.5. The second-order valence-electron chi connectivity index (χ2n) is 12.8. The number of benzene rings is 2. The van der Waals surface area contributed by atoms with Gasteiger partial charge in [-0.05, 0) is 74.2 Å². The van der Waals surface area contributed by atoms with E-state index >= 15 is 4.39 Å². The summed E-state index contributed by atoms with van der Waals surface area (Å²) in [5, 5.41) is -0.0620. The lowest BCUT2D eigenvalue weighted by Gasteiger charge is -2.32. The Morgan fingerprint density at radius 3 is 2.63 bits per heavy atom. The molecule has 4 aromatic rings. The molecule has 49 heavy (non-hydrogen) atoms. The van der Waals surface area contributed by atoms with Crippen LogP contribution in [0.3, 0.4) is 0 Å². The lowest BCUT2D eigenvalue weighted by molar-refractivity contribution is -0.137. The summed E-state index contributed by atoms with van der Waals surface area (Å²) in [6, 6.07) is 3.34. The van der Waals surface area contributed by atoms with Gasteiger partial charge in [-0.3, -0.25) is 9.69 Å². The Bertz CT molecular complexity index is 2030. The van der Waals surface area contributed by atoms with E-state index in [4.69, 9.17) is 17.0 Å². The number of nitrogens with two attached hydrogens (primary N) is 1. The van der Waals surface area contributed by atoms with E-state index < -0.39 is 35.7 Å². The van der Waals surface area contributed by atoms with Crippen molar-refractivity contribution in [1.29, 1.82) is 0 Å². The minimum absolute atomic E-state index is 0.00400. The standard InChI is InChI=1S/C34H32F5N7O2S/c1-4-26(47)45-15-23(36)25(16-45)44(3)31-20-13-21(34(37,38)39)19(18-7-8-22(35)29-27(18)28(41-2)30(40)49-29)14-24(20)42-32(43-31)48-17-33-9-5-11-46(33)12-6-10-33/h4,7-8,13-14,23,25H,1,5-6,9-12,15-17,40H2,3H3. The number of nitrogen functional groups attached to an aromatic ring is 1. The van der Waals surface area contributed by atoms with Crippen molar-refractivity contribution in [3.05, 3.63) is 59.7 Å². The number of aromatic nitrogens is 2. The number of nitrogens with zero attached hydrogens (tertiary/aromatic N) is 6. The summed E-state index contributed by atoms with van der Waals surface area (Å²) in [7, 11) is 1.51. The molecule has 0 saturated carbocycles. The van der Waals surface area contributed by atoms with Crippen molar-refractivity contribution < 1.29 is 31.5 Å². The fourth-order valence-electron chi connectivity index (χ4n) is 7.68. The van der Waals surface area contributed by atoms with Gasteiger partial charge in [0.05, 0.1) is 45.5 Å². The first-order valence-electron chi connectivity index (χ1n) is 15.8. The van der Waals surface area contributed by atoms with Crippen LogP contribution < -0.4 is 15.4 Å². The van der Waals surface area contributed by atoms with Crippen LogP contribution in [-0.2, 0) is 11.0 Å². The third-order valence-electron chi connectivity index (χ3n) is 10.1. The molecular formula is C34H32F5N7O2S. The van der Waals surface area contributed by atoms with Crippen LogP contribution in [0.5, 0.6) is 6.01 Å². The van der Waals surface area contributed by atoms with Crippen LogP contribution in [0.25, 0.3) is 37.0 Å². The zero-order valence-electron chi connectivity index (χ0n) is 26.5. The molecule has 0 bridgehead atoms. The van der Waals surface area contributed by atoms with Crippen molar-refractivity contribution in [2.75, 3.05) is 50.5 Å². The third-order valence-corrected chi connectivity index (χ3v) is 11.1. The highest BCUT2D eigenvalue weighted by Gasteiger charge is 2.45. The molecular weight excluding hydrogens is 665 g/mol. The maximum atomic E-state index is 15.5.